The van der Waals surface area contributed by atoms with E-state index in [0.717, 1.165) is 0 Å². The van der Waals surface area contributed by atoms with Crippen LogP contribution in [0.4, 0.5) is 0 Å². The third kappa shape index (κ3) is 3.81. The average molecular weight is 328 g/mol. The Balaban J connectivity index is 2.69. The zero-order chi connectivity index (χ0) is 12.2. The predicted molar refractivity (Wildman–Crippen MR) is 68.3 cm³/mol. The lowest BCUT2D eigenvalue weighted by molar-refractivity contribution is 0.133. The highest BCUT2D eigenvalue weighted by Crippen LogP contribution is 2.27. The van der Waals surface area contributed by atoms with Gasteiger partial charge < -0.3 is 4.74 Å². The van der Waals surface area contributed by atoms with Crippen molar-refractivity contribution in [2.45, 2.75) is 24.1 Å². The van der Waals surface area contributed by atoms with Gasteiger partial charge in [0.05, 0.1) is 6.61 Å². The molecule has 0 spiro atoms. The summed E-state index contributed by atoms with van der Waals surface area (Å²) in [6.07, 6.45) is 0. The molecule has 92 valence electrons. The van der Waals surface area contributed by atoms with Crippen molar-refractivity contribution in [3.05, 3.63) is 15.9 Å². The molecule has 1 rings (SSSR count). The van der Waals surface area contributed by atoms with E-state index in [4.69, 9.17) is 4.74 Å². The van der Waals surface area contributed by atoms with Gasteiger partial charge in [-0.1, -0.05) is 0 Å². The molecule has 1 atom stereocenters. The Morgan fingerprint density at radius 3 is 2.81 bits per heavy atom. The molecule has 1 unspecified atom stereocenters. The van der Waals surface area contributed by atoms with Crippen molar-refractivity contribution in [1.82, 2.24) is 4.72 Å². The minimum absolute atomic E-state index is 0.237. The van der Waals surface area contributed by atoms with Crippen LogP contribution in [0, 0.1) is 0 Å². The molecule has 1 heterocycles. The zero-order valence-electron chi connectivity index (χ0n) is 9.07. The summed E-state index contributed by atoms with van der Waals surface area (Å²) in [5.74, 6) is 0. The first-order chi connectivity index (χ1) is 7.47. The molecular weight excluding hydrogens is 314 g/mol. The molecule has 1 aromatic heterocycles. The van der Waals surface area contributed by atoms with Gasteiger partial charge in [0.1, 0.15) is 4.21 Å². The summed E-state index contributed by atoms with van der Waals surface area (Å²) in [7, 11) is -3.44. The molecule has 4 nitrogen and oxygen atoms in total. The summed E-state index contributed by atoms with van der Waals surface area (Å²) in [4.78, 5) is 0. The van der Waals surface area contributed by atoms with E-state index >= 15 is 0 Å². The van der Waals surface area contributed by atoms with Crippen LogP contribution in [-0.4, -0.2) is 27.7 Å². The normalized spacial score (nSPS) is 13.9. The third-order valence-electron chi connectivity index (χ3n) is 1.76. The Morgan fingerprint density at radius 1 is 1.62 bits per heavy atom. The Bertz CT molecular complexity index is 430. The predicted octanol–water partition coefficient (Wildman–Crippen LogP) is 2.21. The number of hydrogen-bond donors (Lipinski definition) is 1. The number of halogens is 1. The fourth-order valence-corrected chi connectivity index (χ4v) is 4.70. The van der Waals surface area contributed by atoms with Gasteiger partial charge in [-0.2, -0.15) is 0 Å². The van der Waals surface area contributed by atoms with Crippen LogP contribution in [0.2, 0.25) is 0 Å². The summed E-state index contributed by atoms with van der Waals surface area (Å²) in [5, 5.41) is 1.73. The number of sulfonamides is 1. The van der Waals surface area contributed by atoms with Gasteiger partial charge >= 0.3 is 0 Å². The van der Waals surface area contributed by atoms with Crippen LogP contribution in [0.25, 0.3) is 0 Å². The largest absolute Gasteiger partial charge is 0.380 e. The van der Waals surface area contributed by atoms with Crippen molar-refractivity contribution in [2.24, 2.45) is 0 Å². The Hall–Kier alpha value is 0.0500. The molecule has 0 bridgehead atoms. The van der Waals surface area contributed by atoms with Crippen molar-refractivity contribution < 1.29 is 13.2 Å². The van der Waals surface area contributed by atoms with E-state index in [0.29, 0.717) is 21.9 Å². The second-order valence-corrected chi connectivity index (χ2v) is 6.92. The Labute approximate surface area is 108 Å². The molecular formula is C9H14BrNO3S2. The van der Waals surface area contributed by atoms with E-state index < -0.39 is 10.0 Å². The molecule has 0 saturated carbocycles. The standard InChI is InChI=1S/C9H14BrNO3S2/c1-3-14-6-7(2)11-16(12,13)9-8(10)4-5-15-9/h4-5,7,11H,3,6H2,1-2H3. The SMILES string of the molecule is CCOCC(C)NS(=O)(=O)c1sccc1Br. The lowest BCUT2D eigenvalue weighted by Gasteiger charge is -2.13. The summed E-state index contributed by atoms with van der Waals surface area (Å²) in [5.41, 5.74) is 0. The van der Waals surface area contributed by atoms with E-state index in [2.05, 4.69) is 20.7 Å². The van der Waals surface area contributed by atoms with Gasteiger partial charge in [0, 0.05) is 17.1 Å². The lowest BCUT2D eigenvalue weighted by atomic mass is 10.4. The number of hydrogen-bond acceptors (Lipinski definition) is 4. The number of rotatable bonds is 6. The van der Waals surface area contributed by atoms with Crippen LogP contribution in [0.3, 0.4) is 0 Å². The molecule has 0 aromatic carbocycles. The van der Waals surface area contributed by atoms with Crippen LogP contribution in [0.5, 0.6) is 0 Å². The van der Waals surface area contributed by atoms with Gasteiger partial charge in [0.25, 0.3) is 10.0 Å². The lowest BCUT2D eigenvalue weighted by Crippen LogP contribution is -2.35. The van der Waals surface area contributed by atoms with E-state index in [-0.39, 0.29) is 6.04 Å². The van der Waals surface area contributed by atoms with Gasteiger partial charge in [0.15, 0.2) is 0 Å². The Morgan fingerprint density at radius 2 is 2.31 bits per heavy atom. The van der Waals surface area contributed by atoms with Gasteiger partial charge in [-0.25, -0.2) is 13.1 Å². The third-order valence-corrected chi connectivity index (χ3v) is 6.02. The molecule has 16 heavy (non-hydrogen) atoms. The molecule has 0 saturated heterocycles. The van der Waals surface area contributed by atoms with Crippen LogP contribution in [0.1, 0.15) is 13.8 Å². The molecule has 0 aliphatic heterocycles. The maximum absolute atomic E-state index is 11.9. The first-order valence-electron chi connectivity index (χ1n) is 4.80. The summed E-state index contributed by atoms with van der Waals surface area (Å²) in [6, 6.07) is 1.48. The topological polar surface area (TPSA) is 55.4 Å². The smallest absolute Gasteiger partial charge is 0.251 e. The van der Waals surface area contributed by atoms with Crippen LogP contribution in [0.15, 0.2) is 20.1 Å². The molecule has 0 amide bonds. The highest BCUT2D eigenvalue weighted by atomic mass is 79.9. The minimum Gasteiger partial charge on any atom is -0.380 e. The minimum atomic E-state index is -3.44. The molecule has 1 aromatic rings. The van der Waals surface area contributed by atoms with Crippen molar-refractivity contribution in [1.29, 1.82) is 0 Å². The van der Waals surface area contributed by atoms with Gasteiger partial charge in [0.2, 0.25) is 0 Å². The summed E-state index contributed by atoms with van der Waals surface area (Å²) >= 11 is 4.39. The fraction of sp³-hybridized carbons (Fsp3) is 0.556. The molecule has 0 aliphatic rings. The molecule has 1 N–H and O–H groups in total. The number of ether oxygens (including phenoxy) is 1. The van der Waals surface area contributed by atoms with Crippen molar-refractivity contribution >= 4 is 37.3 Å². The fourth-order valence-electron chi connectivity index (χ4n) is 1.12. The first kappa shape index (κ1) is 14.1. The van der Waals surface area contributed by atoms with Crippen LogP contribution < -0.4 is 4.72 Å². The van der Waals surface area contributed by atoms with Gasteiger partial charge in [-0.05, 0) is 41.2 Å². The molecule has 7 heteroatoms. The van der Waals surface area contributed by atoms with Crippen LogP contribution >= 0.6 is 27.3 Å². The number of thiophene rings is 1. The summed E-state index contributed by atoms with van der Waals surface area (Å²) in [6.45, 7) is 4.60. The maximum Gasteiger partial charge on any atom is 0.251 e. The monoisotopic (exact) mass is 327 g/mol. The van der Waals surface area contributed by atoms with E-state index in [9.17, 15) is 8.42 Å². The van der Waals surface area contributed by atoms with Crippen molar-refractivity contribution in [2.75, 3.05) is 13.2 Å². The van der Waals surface area contributed by atoms with Gasteiger partial charge in [-0.3, -0.25) is 0 Å². The van der Waals surface area contributed by atoms with Crippen molar-refractivity contribution in [3.63, 3.8) is 0 Å². The zero-order valence-corrected chi connectivity index (χ0v) is 12.3. The molecule has 0 fully saturated rings. The van der Waals surface area contributed by atoms with E-state index in [1.165, 1.54) is 11.3 Å². The average Bonchev–Trinajstić information content (AvgIpc) is 2.61. The molecule has 0 radical (unpaired) electrons. The maximum atomic E-state index is 11.9. The highest BCUT2D eigenvalue weighted by molar-refractivity contribution is 9.10. The quantitative estimate of drug-likeness (QED) is 0.871. The summed E-state index contributed by atoms with van der Waals surface area (Å²) < 4.78 is 32.4. The van der Waals surface area contributed by atoms with E-state index in [1.54, 1.807) is 18.4 Å². The number of nitrogens with one attached hydrogen (secondary N) is 1. The first-order valence-corrected chi connectivity index (χ1v) is 7.96. The Kier molecular flexibility index (Phi) is 5.39. The van der Waals surface area contributed by atoms with Crippen LogP contribution in [-0.2, 0) is 14.8 Å². The van der Waals surface area contributed by atoms with E-state index in [1.807, 2.05) is 6.92 Å². The molecule has 0 aliphatic carbocycles. The second kappa shape index (κ2) is 6.11. The van der Waals surface area contributed by atoms with Gasteiger partial charge in [-0.15, -0.1) is 11.3 Å². The van der Waals surface area contributed by atoms with Crippen molar-refractivity contribution in [3.8, 4) is 0 Å². The highest BCUT2D eigenvalue weighted by Gasteiger charge is 2.21. The second-order valence-electron chi connectivity index (χ2n) is 3.24.